The van der Waals surface area contributed by atoms with Crippen LogP contribution < -0.4 is 0 Å². The number of rotatable bonds is 2. The lowest BCUT2D eigenvalue weighted by Gasteiger charge is -2.26. The summed E-state index contributed by atoms with van der Waals surface area (Å²) in [7, 11) is 4.96. The normalized spacial score (nSPS) is 22.7. The lowest BCUT2D eigenvalue weighted by atomic mass is 9.94. The molecule has 0 aromatic rings. The van der Waals surface area contributed by atoms with Crippen molar-refractivity contribution < 1.29 is 14.3 Å². The lowest BCUT2D eigenvalue weighted by molar-refractivity contribution is -0.146. The molecule has 0 aromatic carbocycles. The molecule has 0 fully saturated rings. The Bertz CT molecular complexity index is 374. The first-order valence-electron chi connectivity index (χ1n) is 5.28. The van der Waals surface area contributed by atoms with Gasteiger partial charge < -0.3 is 14.4 Å². The molecule has 1 rings (SSSR count). The summed E-state index contributed by atoms with van der Waals surface area (Å²) < 4.78 is 10.3. The molecule has 0 saturated heterocycles. The second-order valence-electron chi connectivity index (χ2n) is 4.06. The molecule has 0 amide bonds. The fourth-order valence-electron chi connectivity index (χ4n) is 1.46. The van der Waals surface area contributed by atoms with Gasteiger partial charge >= 0.3 is 5.97 Å². The van der Waals surface area contributed by atoms with Gasteiger partial charge in [-0.3, -0.25) is 4.79 Å². The Hall–Kier alpha value is -1.36. The maximum Gasteiger partial charge on any atom is 0.316 e. The Morgan fingerprint density at radius 2 is 2.12 bits per heavy atom. The zero-order valence-corrected chi connectivity index (χ0v) is 11.3. The molecule has 5 heteroatoms. The van der Waals surface area contributed by atoms with Crippen molar-refractivity contribution in [2.75, 3.05) is 21.2 Å². The van der Waals surface area contributed by atoms with Gasteiger partial charge in [-0.2, -0.15) is 0 Å². The van der Waals surface area contributed by atoms with Crippen LogP contribution in [0.5, 0.6) is 0 Å². The van der Waals surface area contributed by atoms with Gasteiger partial charge in [0.15, 0.2) is 0 Å². The third kappa shape index (κ3) is 3.56. The topological polar surface area (TPSA) is 38.8 Å². The number of hydrogen-bond acceptors (Lipinski definition) is 4. The van der Waals surface area contributed by atoms with Crippen molar-refractivity contribution in [2.24, 2.45) is 5.92 Å². The molecule has 0 heterocycles. The van der Waals surface area contributed by atoms with E-state index >= 15 is 0 Å². The number of allylic oxidation sites excluding steroid dienone is 2. The molecule has 17 heavy (non-hydrogen) atoms. The van der Waals surface area contributed by atoms with Gasteiger partial charge in [0.25, 0.3) is 5.17 Å². The highest BCUT2D eigenvalue weighted by molar-refractivity contribution is 7.80. The van der Waals surface area contributed by atoms with Gasteiger partial charge in [0.2, 0.25) is 0 Å². The van der Waals surface area contributed by atoms with Gasteiger partial charge in [0, 0.05) is 14.1 Å². The van der Waals surface area contributed by atoms with E-state index < -0.39 is 12.0 Å². The Balaban J connectivity index is 2.81. The van der Waals surface area contributed by atoms with Gasteiger partial charge in [-0.1, -0.05) is 17.7 Å². The minimum atomic E-state index is -0.443. The summed E-state index contributed by atoms with van der Waals surface area (Å²) in [6.45, 7) is 1.94. The van der Waals surface area contributed by atoms with Crippen LogP contribution in [-0.4, -0.2) is 43.4 Å². The minimum absolute atomic E-state index is 0.323. The number of hydrogen-bond donors (Lipinski definition) is 0. The second kappa shape index (κ2) is 5.82. The Labute approximate surface area is 107 Å². The summed E-state index contributed by atoms with van der Waals surface area (Å²) in [5, 5.41) is 0.350. The van der Waals surface area contributed by atoms with Gasteiger partial charge in [-0.25, -0.2) is 0 Å². The Morgan fingerprint density at radius 1 is 1.47 bits per heavy atom. The van der Waals surface area contributed by atoms with Crippen molar-refractivity contribution in [3.63, 3.8) is 0 Å². The molecule has 2 unspecified atom stereocenters. The quantitative estimate of drug-likeness (QED) is 0.552. The second-order valence-corrected chi connectivity index (χ2v) is 4.41. The van der Waals surface area contributed by atoms with E-state index in [1.165, 1.54) is 7.11 Å². The van der Waals surface area contributed by atoms with Crippen molar-refractivity contribution in [1.29, 1.82) is 0 Å². The lowest BCUT2D eigenvalue weighted by Crippen LogP contribution is -2.35. The third-order valence-corrected chi connectivity index (χ3v) is 2.88. The molecular weight excluding hydrogens is 238 g/mol. The largest absolute Gasteiger partial charge is 0.468 e. The molecule has 4 nitrogen and oxygen atoms in total. The number of methoxy groups -OCH3 is 1. The number of nitrogens with zero attached hydrogens (tertiary/aromatic N) is 1. The molecule has 0 N–H and O–H groups in total. The van der Waals surface area contributed by atoms with E-state index in [2.05, 4.69) is 0 Å². The first kappa shape index (κ1) is 13.7. The highest BCUT2D eigenvalue weighted by Gasteiger charge is 2.30. The molecule has 0 aliphatic heterocycles. The maximum absolute atomic E-state index is 11.6. The van der Waals surface area contributed by atoms with Crippen LogP contribution in [-0.2, 0) is 14.3 Å². The predicted molar refractivity (Wildman–Crippen MR) is 69.6 cm³/mol. The average Bonchev–Trinajstić information content (AvgIpc) is 2.28. The van der Waals surface area contributed by atoms with Crippen molar-refractivity contribution in [3.05, 3.63) is 23.8 Å². The number of thiocarbonyl (C=S) groups is 1. The summed E-state index contributed by atoms with van der Waals surface area (Å²) in [5.74, 6) is -0.766. The first-order chi connectivity index (χ1) is 7.95. The molecule has 1 aliphatic rings. The standard InChI is InChI=1S/C12H17NO3S/c1-8-5-6-9(11(14)15-4)10(7-8)16-12(17)13(2)3/h5-7,9-10H,1-4H3. The summed E-state index contributed by atoms with van der Waals surface area (Å²) in [6.07, 6.45) is 5.13. The Morgan fingerprint density at radius 3 is 2.65 bits per heavy atom. The molecule has 0 saturated carbocycles. The monoisotopic (exact) mass is 255 g/mol. The highest BCUT2D eigenvalue weighted by Crippen LogP contribution is 2.21. The molecule has 94 valence electrons. The van der Waals surface area contributed by atoms with Crippen LogP contribution >= 0.6 is 12.2 Å². The van der Waals surface area contributed by atoms with Crippen LogP contribution in [0.4, 0.5) is 0 Å². The van der Waals surface area contributed by atoms with E-state index in [-0.39, 0.29) is 5.97 Å². The van der Waals surface area contributed by atoms with Crippen molar-refractivity contribution >= 4 is 23.4 Å². The first-order valence-corrected chi connectivity index (χ1v) is 5.69. The summed E-state index contributed by atoms with van der Waals surface area (Å²) in [5.41, 5.74) is 1.04. The molecule has 0 radical (unpaired) electrons. The summed E-state index contributed by atoms with van der Waals surface area (Å²) in [6, 6.07) is 0. The number of esters is 1. The van der Waals surface area contributed by atoms with Crippen LogP contribution in [0.3, 0.4) is 0 Å². The van der Waals surface area contributed by atoms with Crippen molar-refractivity contribution in [3.8, 4) is 0 Å². The van der Waals surface area contributed by atoms with Gasteiger partial charge in [0.1, 0.15) is 12.0 Å². The average molecular weight is 255 g/mol. The van der Waals surface area contributed by atoms with E-state index in [0.29, 0.717) is 5.17 Å². The maximum atomic E-state index is 11.6. The summed E-state index contributed by atoms with van der Waals surface area (Å²) in [4.78, 5) is 13.3. The van der Waals surface area contributed by atoms with E-state index in [0.717, 1.165) is 5.57 Å². The number of carbonyl (C=O) groups excluding carboxylic acids is 1. The molecule has 0 aromatic heterocycles. The van der Waals surface area contributed by atoms with Crippen molar-refractivity contribution in [2.45, 2.75) is 13.0 Å². The van der Waals surface area contributed by atoms with Crippen LogP contribution in [0.25, 0.3) is 0 Å². The third-order valence-electron chi connectivity index (χ3n) is 2.42. The van der Waals surface area contributed by atoms with Gasteiger partial charge in [-0.15, -0.1) is 0 Å². The molecule has 1 aliphatic carbocycles. The fraction of sp³-hybridized carbons (Fsp3) is 0.500. The van der Waals surface area contributed by atoms with Crippen LogP contribution in [0.2, 0.25) is 0 Å². The zero-order chi connectivity index (χ0) is 13.0. The van der Waals surface area contributed by atoms with Crippen LogP contribution in [0.15, 0.2) is 23.8 Å². The molecule has 0 bridgehead atoms. The molecule has 2 atom stereocenters. The fourth-order valence-corrected chi connectivity index (χ4v) is 1.57. The zero-order valence-electron chi connectivity index (χ0n) is 10.5. The van der Waals surface area contributed by atoms with Gasteiger partial charge in [-0.05, 0) is 25.2 Å². The van der Waals surface area contributed by atoms with Crippen molar-refractivity contribution in [1.82, 2.24) is 4.90 Å². The smallest absolute Gasteiger partial charge is 0.316 e. The summed E-state index contributed by atoms with van der Waals surface area (Å²) >= 11 is 5.07. The van der Waals surface area contributed by atoms with Gasteiger partial charge in [0.05, 0.1) is 7.11 Å². The Kier molecular flexibility index (Phi) is 4.69. The van der Waals surface area contributed by atoms with E-state index in [1.54, 1.807) is 25.1 Å². The number of ether oxygens (including phenoxy) is 2. The highest BCUT2D eigenvalue weighted by atomic mass is 32.1. The predicted octanol–water partition coefficient (Wildman–Crippen LogP) is 1.52. The SMILES string of the molecule is COC(=O)C1C=CC(C)=CC1OC(=S)N(C)C. The van der Waals surface area contributed by atoms with Crippen LogP contribution in [0.1, 0.15) is 6.92 Å². The molecular formula is C12H17NO3S. The number of carbonyl (C=O) groups is 1. The van der Waals surface area contributed by atoms with Crippen LogP contribution in [0, 0.1) is 5.92 Å². The molecule has 0 spiro atoms. The van der Waals surface area contributed by atoms with E-state index in [9.17, 15) is 4.79 Å². The van der Waals surface area contributed by atoms with E-state index in [1.807, 2.05) is 19.1 Å². The van der Waals surface area contributed by atoms with E-state index in [4.69, 9.17) is 21.7 Å². The minimum Gasteiger partial charge on any atom is -0.468 e.